The molecule has 0 saturated carbocycles. The molecule has 0 bridgehead atoms. The summed E-state index contributed by atoms with van der Waals surface area (Å²) in [5.74, 6) is 2.18. The van der Waals surface area contributed by atoms with E-state index in [9.17, 15) is 0 Å². The first-order valence-electron chi connectivity index (χ1n) is 7.77. The van der Waals surface area contributed by atoms with Gasteiger partial charge in [-0.1, -0.05) is 13.8 Å². The molecular weight excluding hydrogens is 268 g/mol. The van der Waals surface area contributed by atoms with E-state index in [-0.39, 0.29) is 0 Å². The summed E-state index contributed by atoms with van der Waals surface area (Å²) < 4.78 is 5.72. The highest BCUT2D eigenvalue weighted by Crippen LogP contribution is 2.36. The van der Waals surface area contributed by atoms with E-state index >= 15 is 0 Å². The van der Waals surface area contributed by atoms with E-state index in [1.807, 2.05) is 12.4 Å². The molecule has 1 aliphatic heterocycles. The number of hydrogen-bond donors (Lipinski definition) is 1. The van der Waals surface area contributed by atoms with Gasteiger partial charge in [-0.05, 0) is 49.6 Å². The molecule has 112 valence electrons. The van der Waals surface area contributed by atoms with Crippen molar-refractivity contribution in [2.75, 3.05) is 18.9 Å². The number of aromatic nitrogens is 1. The van der Waals surface area contributed by atoms with Crippen LogP contribution in [0.5, 0.6) is 5.75 Å². The molecular formula is C16H26N2OS. The van der Waals surface area contributed by atoms with Crippen LogP contribution in [0.25, 0.3) is 0 Å². The lowest BCUT2D eigenvalue weighted by Gasteiger charge is -2.24. The second kappa shape index (κ2) is 8.53. The maximum atomic E-state index is 5.72. The Bertz CT molecular complexity index is 394. The molecule has 0 radical (unpaired) electrons. The van der Waals surface area contributed by atoms with Crippen molar-refractivity contribution in [1.82, 2.24) is 10.3 Å². The van der Waals surface area contributed by atoms with Crippen LogP contribution in [-0.2, 0) is 0 Å². The molecule has 1 aromatic rings. The standard InChI is InChI=1S/C16H26N2OS/c1-3-7-18-16(15-6-5-9-20-15)13-10-14(12-17-11-13)19-8-4-2/h10-12,15-16,18H,3-9H2,1-2H3. The summed E-state index contributed by atoms with van der Waals surface area (Å²) in [6.07, 6.45) is 8.63. The molecule has 1 aromatic heterocycles. The van der Waals surface area contributed by atoms with Crippen LogP contribution in [0.2, 0.25) is 0 Å². The average molecular weight is 294 g/mol. The van der Waals surface area contributed by atoms with Gasteiger partial charge in [-0.15, -0.1) is 0 Å². The summed E-state index contributed by atoms with van der Waals surface area (Å²) in [7, 11) is 0. The van der Waals surface area contributed by atoms with Gasteiger partial charge in [0.1, 0.15) is 5.75 Å². The van der Waals surface area contributed by atoms with Gasteiger partial charge in [0.2, 0.25) is 0 Å². The predicted octanol–water partition coefficient (Wildman–Crippen LogP) is 3.81. The van der Waals surface area contributed by atoms with Crippen molar-refractivity contribution in [3.05, 3.63) is 24.0 Å². The van der Waals surface area contributed by atoms with E-state index in [0.29, 0.717) is 11.3 Å². The second-order valence-electron chi connectivity index (χ2n) is 5.29. The van der Waals surface area contributed by atoms with Gasteiger partial charge in [0, 0.05) is 17.5 Å². The number of thioether (sulfide) groups is 1. The van der Waals surface area contributed by atoms with Crippen molar-refractivity contribution in [2.24, 2.45) is 0 Å². The first-order valence-corrected chi connectivity index (χ1v) is 8.82. The van der Waals surface area contributed by atoms with Crippen LogP contribution in [0.3, 0.4) is 0 Å². The summed E-state index contributed by atoms with van der Waals surface area (Å²) in [4.78, 5) is 4.36. The number of hydrogen-bond acceptors (Lipinski definition) is 4. The molecule has 1 fully saturated rings. The molecule has 2 heterocycles. The highest BCUT2D eigenvalue weighted by Gasteiger charge is 2.26. The second-order valence-corrected chi connectivity index (χ2v) is 6.63. The quantitative estimate of drug-likeness (QED) is 0.790. The SMILES string of the molecule is CCCNC(c1cncc(OCCC)c1)C1CCCS1. The lowest BCUT2D eigenvalue weighted by molar-refractivity contribution is 0.315. The van der Waals surface area contributed by atoms with Gasteiger partial charge in [0.25, 0.3) is 0 Å². The fourth-order valence-electron chi connectivity index (χ4n) is 2.53. The smallest absolute Gasteiger partial charge is 0.137 e. The number of ether oxygens (including phenoxy) is 1. The molecule has 2 unspecified atom stereocenters. The largest absolute Gasteiger partial charge is 0.492 e. The van der Waals surface area contributed by atoms with Crippen LogP contribution in [0, 0.1) is 0 Å². The Kier molecular flexibility index (Phi) is 6.67. The molecule has 0 spiro atoms. The Morgan fingerprint density at radius 3 is 3.00 bits per heavy atom. The monoisotopic (exact) mass is 294 g/mol. The summed E-state index contributed by atoms with van der Waals surface area (Å²) in [6.45, 7) is 6.15. The van der Waals surface area contributed by atoms with Gasteiger partial charge >= 0.3 is 0 Å². The van der Waals surface area contributed by atoms with Gasteiger partial charge in [-0.2, -0.15) is 11.8 Å². The van der Waals surface area contributed by atoms with E-state index in [1.54, 1.807) is 0 Å². The summed E-state index contributed by atoms with van der Waals surface area (Å²) in [5.41, 5.74) is 1.27. The highest BCUT2D eigenvalue weighted by atomic mass is 32.2. The zero-order valence-electron chi connectivity index (χ0n) is 12.6. The van der Waals surface area contributed by atoms with Gasteiger partial charge in [-0.3, -0.25) is 4.98 Å². The van der Waals surface area contributed by atoms with Crippen molar-refractivity contribution in [3.63, 3.8) is 0 Å². The van der Waals surface area contributed by atoms with Crippen molar-refractivity contribution in [1.29, 1.82) is 0 Å². The molecule has 2 atom stereocenters. The first-order chi connectivity index (χ1) is 9.85. The van der Waals surface area contributed by atoms with Crippen molar-refractivity contribution in [2.45, 2.75) is 50.8 Å². The fraction of sp³-hybridized carbons (Fsp3) is 0.688. The lowest BCUT2D eigenvalue weighted by Crippen LogP contribution is -2.29. The van der Waals surface area contributed by atoms with E-state index in [0.717, 1.165) is 31.7 Å². The maximum Gasteiger partial charge on any atom is 0.137 e. The Hall–Kier alpha value is -0.740. The zero-order valence-corrected chi connectivity index (χ0v) is 13.4. The minimum atomic E-state index is 0.403. The predicted molar refractivity (Wildman–Crippen MR) is 86.5 cm³/mol. The summed E-state index contributed by atoms with van der Waals surface area (Å²) in [6, 6.07) is 2.56. The molecule has 20 heavy (non-hydrogen) atoms. The van der Waals surface area contributed by atoms with Crippen LogP contribution in [-0.4, -0.2) is 29.1 Å². The minimum Gasteiger partial charge on any atom is -0.492 e. The van der Waals surface area contributed by atoms with Crippen LogP contribution < -0.4 is 10.1 Å². The maximum absolute atomic E-state index is 5.72. The van der Waals surface area contributed by atoms with E-state index in [1.165, 1.54) is 24.2 Å². The molecule has 1 aliphatic rings. The number of nitrogens with one attached hydrogen (secondary N) is 1. The van der Waals surface area contributed by atoms with E-state index in [4.69, 9.17) is 4.74 Å². The Balaban J connectivity index is 2.09. The Labute approximate surface area is 126 Å². The van der Waals surface area contributed by atoms with Crippen molar-refractivity contribution < 1.29 is 4.74 Å². The highest BCUT2D eigenvalue weighted by molar-refractivity contribution is 8.00. The first kappa shape index (κ1) is 15.6. The topological polar surface area (TPSA) is 34.2 Å². The Morgan fingerprint density at radius 2 is 2.30 bits per heavy atom. The van der Waals surface area contributed by atoms with E-state index in [2.05, 4.69) is 42.0 Å². The normalized spacial score (nSPS) is 20.0. The lowest BCUT2D eigenvalue weighted by atomic mass is 10.0. The molecule has 1 N–H and O–H groups in total. The van der Waals surface area contributed by atoms with Crippen LogP contribution in [0.1, 0.15) is 51.1 Å². The van der Waals surface area contributed by atoms with Crippen molar-refractivity contribution >= 4 is 11.8 Å². The fourth-order valence-corrected chi connectivity index (χ4v) is 3.95. The van der Waals surface area contributed by atoms with Gasteiger partial charge in [0.05, 0.1) is 12.8 Å². The minimum absolute atomic E-state index is 0.403. The molecule has 3 nitrogen and oxygen atoms in total. The van der Waals surface area contributed by atoms with Crippen LogP contribution >= 0.6 is 11.8 Å². The van der Waals surface area contributed by atoms with Gasteiger partial charge in [-0.25, -0.2) is 0 Å². The molecule has 1 saturated heterocycles. The molecule has 0 amide bonds. The number of nitrogens with zero attached hydrogens (tertiary/aromatic N) is 1. The zero-order chi connectivity index (χ0) is 14.2. The summed E-state index contributed by atoms with van der Waals surface area (Å²) in [5, 5.41) is 4.37. The van der Waals surface area contributed by atoms with Crippen LogP contribution in [0.15, 0.2) is 18.5 Å². The number of rotatable bonds is 8. The average Bonchev–Trinajstić information content (AvgIpc) is 3.00. The van der Waals surface area contributed by atoms with E-state index < -0.39 is 0 Å². The molecule has 0 aliphatic carbocycles. The third-order valence-electron chi connectivity index (χ3n) is 3.52. The third-order valence-corrected chi connectivity index (χ3v) is 4.98. The van der Waals surface area contributed by atoms with Gasteiger partial charge in [0.15, 0.2) is 0 Å². The summed E-state index contributed by atoms with van der Waals surface area (Å²) >= 11 is 2.09. The van der Waals surface area contributed by atoms with Crippen molar-refractivity contribution in [3.8, 4) is 5.75 Å². The number of pyridine rings is 1. The third kappa shape index (κ3) is 4.38. The Morgan fingerprint density at radius 1 is 1.40 bits per heavy atom. The molecule has 2 rings (SSSR count). The molecule has 0 aromatic carbocycles. The molecule has 4 heteroatoms. The van der Waals surface area contributed by atoms with Gasteiger partial charge < -0.3 is 10.1 Å². The van der Waals surface area contributed by atoms with Crippen LogP contribution in [0.4, 0.5) is 0 Å².